The second kappa shape index (κ2) is 34.8. The minimum Gasteiger partial charge on any atom is -0.466 e. The van der Waals surface area contributed by atoms with Crippen LogP contribution in [-0.2, 0) is 47.8 Å². The molecule has 2 aromatic rings. The van der Waals surface area contributed by atoms with Crippen molar-refractivity contribution in [3.05, 3.63) is 69.3 Å². The summed E-state index contributed by atoms with van der Waals surface area (Å²) < 4.78 is 156. The van der Waals surface area contributed by atoms with Gasteiger partial charge in [0.2, 0.25) is 11.6 Å². The van der Waals surface area contributed by atoms with Crippen molar-refractivity contribution in [3.8, 4) is 0 Å². The zero-order valence-corrected chi connectivity index (χ0v) is 49.6. The van der Waals surface area contributed by atoms with Gasteiger partial charge in [-0.15, -0.1) is 0 Å². The molecule has 0 spiro atoms. The Kier molecular flexibility index (Phi) is 32.1. The van der Waals surface area contributed by atoms with Crippen LogP contribution in [0.2, 0.25) is 0 Å². The molecule has 2 rings (SSSR count). The highest BCUT2D eigenvalue weighted by Gasteiger charge is 2.44. The van der Waals surface area contributed by atoms with E-state index in [-0.39, 0.29) is 51.1 Å². The van der Waals surface area contributed by atoms with Crippen LogP contribution in [0.25, 0.3) is 0 Å². The molecule has 0 aliphatic carbocycles. The van der Waals surface area contributed by atoms with Crippen LogP contribution < -0.4 is 10.6 Å². The van der Waals surface area contributed by atoms with Gasteiger partial charge in [-0.1, -0.05) is 51.9 Å². The fourth-order valence-corrected chi connectivity index (χ4v) is 7.87. The van der Waals surface area contributed by atoms with Gasteiger partial charge >= 0.3 is 36.1 Å². The summed E-state index contributed by atoms with van der Waals surface area (Å²) in [7, 11) is 0. The number of hydrogen-bond donors (Lipinski definition) is 2. The number of rotatable bonds is 27. The molecule has 0 fully saturated rings. The zero-order chi connectivity index (χ0) is 63.7. The summed E-state index contributed by atoms with van der Waals surface area (Å²) in [5, 5.41) is 12.2. The molecule has 0 saturated carbocycles. The monoisotopic (exact) mass is 1190 g/mol. The molecular formula is C56H80F10N4O12. The Balaban J connectivity index is 0.00000127. The van der Waals surface area contributed by atoms with E-state index in [0.29, 0.717) is 56.7 Å². The molecule has 4 unspecified atom stereocenters. The molecule has 2 aromatic carbocycles. The fourth-order valence-electron chi connectivity index (χ4n) is 7.87. The van der Waals surface area contributed by atoms with E-state index in [1.807, 2.05) is 34.6 Å². The molecule has 0 aliphatic rings. The number of carbonyl (C=O) groups excluding carboxylic acids is 6. The number of esters is 4. The van der Waals surface area contributed by atoms with Crippen molar-refractivity contribution in [2.75, 3.05) is 39.5 Å². The second-order valence-electron chi connectivity index (χ2n) is 20.8. The molecule has 0 heterocycles. The summed E-state index contributed by atoms with van der Waals surface area (Å²) in [6.45, 7) is 28.0. The van der Waals surface area contributed by atoms with Crippen molar-refractivity contribution in [3.63, 3.8) is 0 Å². The van der Waals surface area contributed by atoms with Crippen molar-refractivity contribution in [2.45, 2.75) is 174 Å². The number of carbonyl (C=O) groups is 6. The summed E-state index contributed by atoms with van der Waals surface area (Å²) in [6, 6.07) is 0. The minimum absolute atomic E-state index is 0.0488. The highest BCUT2D eigenvalue weighted by atomic mass is 19.2. The van der Waals surface area contributed by atoms with E-state index in [1.165, 1.54) is 6.92 Å². The maximum absolute atomic E-state index is 14.0. The number of oxime groups is 2. The Hall–Kier alpha value is -6.50. The Labute approximate surface area is 473 Å². The number of hydrogen-bond acceptors (Lipinski definition) is 14. The predicted octanol–water partition coefficient (Wildman–Crippen LogP) is 13.6. The molecule has 0 bridgehead atoms. The molecule has 26 heteroatoms. The highest BCUT2D eigenvalue weighted by molar-refractivity contribution is 5.83. The highest BCUT2D eigenvalue weighted by Crippen LogP contribution is 2.41. The van der Waals surface area contributed by atoms with Gasteiger partial charge < -0.3 is 29.6 Å². The van der Waals surface area contributed by atoms with Gasteiger partial charge in [0, 0.05) is 11.1 Å². The van der Waals surface area contributed by atoms with Crippen LogP contribution in [0, 0.1) is 79.8 Å². The normalized spacial score (nSPS) is 14.0. The Morgan fingerprint density at radius 1 is 0.463 bits per heavy atom. The number of ether oxygens (including phenoxy) is 4. The molecule has 0 aliphatic heterocycles. The van der Waals surface area contributed by atoms with Gasteiger partial charge in [-0.25, -0.2) is 53.5 Å². The number of nitrogens with zero attached hydrogens (tertiary/aromatic N) is 2. The van der Waals surface area contributed by atoms with Crippen LogP contribution in [0.3, 0.4) is 0 Å². The van der Waals surface area contributed by atoms with Crippen molar-refractivity contribution in [2.24, 2.45) is 32.0 Å². The maximum Gasteiger partial charge on any atom is 0.433 e. The number of halogens is 10. The van der Waals surface area contributed by atoms with E-state index in [4.69, 9.17) is 18.9 Å². The molecule has 0 radical (unpaired) electrons. The van der Waals surface area contributed by atoms with Crippen molar-refractivity contribution in [1.29, 1.82) is 0 Å². The largest absolute Gasteiger partial charge is 0.466 e. The third-order valence-electron chi connectivity index (χ3n) is 13.2. The van der Waals surface area contributed by atoms with Gasteiger partial charge in [-0.2, -0.15) is 0 Å². The first-order chi connectivity index (χ1) is 38.0. The average molecular weight is 1190 g/mol. The lowest BCUT2D eigenvalue weighted by atomic mass is 9.72. The summed E-state index contributed by atoms with van der Waals surface area (Å²) in [4.78, 5) is 81.7. The lowest BCUT2D eigenvalue weighted by Crippen LogP contribution is -2.40. The summed E-state index contributed by atoms with van der Waals surface area (Å²) in [6.07, 6.45) is 0.602. The number of benzene rings is 2. The first kappa shape index (κ1) is 75.5. The summed E-state index contributed by atoms with van der Waals surface area (Å²) in [5.41, 5.74) is -4.40. The minimum atomic E-state index is -2.38. The predicted molar refractivity (Wildman–Crippen MR) is 283 cm³/mol. The van der Waals surface area contributed by atoms with Crippen molar-refractivity contribution in [1.82, 2.24) is 10.6 Å². The van der Waals surface area contributed by atoms with Crippen LogP contribution in [0.5, 0.6) is 0 Å². The van der Waals surface area contributed by atoms with Crippen LogP contribution in [0.15, 0.2) is 10.3 Å². The smallest absolute Gasteiger partial charge is 0.433 e. The number of amides is 2. The van der Waals surface area contributed by atoms with Gasteiger partial charge in [-0.3, -0.25) is 28.9 Å². The summed E-state index contributed by atoms with van der Waals surface area (Å²) in [5.74, 6) is -26.5. The van der Waals surface area contributed by atoms with Crippen molar-refractivity contribution >= 4 is 47.5 Å². The molecular weight excluding hydrogens is 1110 g/mol. The molecule has 2 N–H and O–H groups in total. The summed E-state index contributed by atoms with van der Waals surface area (Å²) >= 11 is 0. The third-order valence-corrected chi connectivity index (χ3v) is 13.2. The molecule has 0 aromatic heterocycles. The van der Waals surface area contributed by atoms with Gasteiger partial charge in [0.05, 0.1) is 59.4 Å². The molecule has 466 valence electrons. The number of nitrogens with one attached hydrogen (secondary N) is 2. The maximum atomic E-state index is 14.0. The van der Waals surface area contributed by atoms with E-state index in [0.717, 1.165) is 6.92 Å². The van der Waals surface area contributed by atoms with Gasteiger partial charge in [0.25, 0.3) is 0 Å². The topological polar surface area (TPSA) is 207 Å². The SMILES string of the molecule is CCC(C)=NOC(=O)NCCOC(=O)C(C)(C)CC(C)(CC)C(=O)OCCNC(=O)ON=C(C)CC.CCC(CC(C)c1c(F)c(F)c(F)c(F)c1F)c1c(F)c(F)c(F)c(F)c1F.CCOC(=O)C(C)(C)CC(C)(CC)C(=O)OCC. The van der Waals surface area contributed by atoms with Gasteiger partial charge in [0.15, 0.2) is 46.5 Å². The van der Waals surface area contributed by atoms with Crippen LogP contribution in [0.1, 0.15) is 185 Å². The van der Waals surface area contributed by atoms with Gasteiger partial charge in [-0.05, 0) is 132 Å². The second-order valence-corrected chi connectivity index (χ2v) is 20.8. The first-order valence-electron chi connectivity index (χ1n) is 26.7. The average Bonchev–Trinajstić information content (AvgIpc) is 3.63. The van der Waals surface area contributed by atoms with Gasteiger partial charge in [0.1, 0.15) is 13.2 Å². The van der Waals surface area contributed by atoms with Crippen LogP contribution in [-0.4, -0.2) is 87.0 Å². The Morgan fingerprint density at radius 2 is 0.768 bits per heavy atom. The van der Waals surface area contributed by atoms with E-state index >= 15 is 0 Å². The Bertz CT molecular complexity index is 2510. The van der Waals surface area contributed by atoms with E-state index in [1.54, 1.807) is 62.3 Å². The molecule has 16 nitrogen and oxygen atoms in total. The fraction of sp³-hybridized carbons (Fsp3) is 0.643. The molecule has 82 heavy (non-hydrogen) atoms. The Morgan fingerprint density at radius 3 is 1.10 bits per heavy atom. The van der Waals surface area contributed by atoms with E-state index in [2.05, 4.69) is 30.6 Å². The van der Waals surface area contributed by atoms with E-state index < -0.39 is 133 Å². The third kappa shape index (κ3) is 22.3. The molecule has 2 amide bonds. The molecule has 4 atom stereocenters. The standard InChI is InChI=1S/C24H42N4O8.C18H12F10.C14H26O4/c1-9-17(4)27-35-21(31)25-12-14-33-19(29)23(6,7)16-24(8,11-3)20(30)34-15-13-26-22(32)36-28-18(5)10-2;1-3-6(8-11(21)15(25)18(28)16(26)12(8)22)4-5(2)7-9(19)13(23)17(27)14(24)10(7)20;1-7-14(6,12(16)18-9-3)10-13(4,5)11(15)17-8-2/h9-16H2,1-8H3,(H,25,31)(H,26,32);5-6H,3-4H2,1-2H3;7-10H2,1-6H3. The van der Waals surface area contributed by atoms with Crippen LogP contribution in [0.4, 0.5) is 53.5 Å². The zero-order valence-electron chi connectivity index (χ0n) is 49.6. The first-order valence-corrected chi connectivity index (χ1v) is 26.7. The van der Waals surface area contributed by atoms with Crippen molar-refractivity contribution < 1.29 is 101 Å². The lowest BCUT2D eigenvalue weighted by Gasteiger charge is -2.33. The van der Waals surface area contributed by atoms with E-state index in [9.17, 15) is 72.7 Å². The van der Waals surface area contributed by atoms with Crippen LogP contribution >= 0.6 is 0 Å². The lowest BCUT2D eigenvalue weighted by molar-refractivity contribution is -0.164. The molecule has 0 saturated heterocycles. The quantitative estimate of drug-likeness (QED) is 0.00986.